The highest BCUT2D eigenvalue weighted by Crippen LogP contribution is 2.29. The largest absolute Gasteiger partial charge is 0.395 e. The number of hydrogen-bond donors (Lipinski definition) is 1. The topological polar surface area (TPSA) is 66.6 Å². The van der Waals surface area contributed by atoms with Crippen LogP contribution in [0.2, 0.25) is 5.02 Å². The van der Waals surface area contributed by atoms with Crippen molar-refractivity contribution in [2.24, 2.45) is 0 Å². The second kappa shape index (κ2) is 6.57. The van der Waals surface area contributed by atoms with E-state index in [1.807, 2.05) is 38.1 Å². The molecule has 1 atom stereocenters. The van der Waals surface area contributed by atoms with Crippen LogP contribution in [0.3, 0.4) is 0 Å². The lowest BCUT2D eigenvalue weighted by atomic mass is 9.90. The van der Waals surface area contributed by atoms with Crippen molar-refractivity contribution in [3.63, 3.8) is 0 Å². The van der Waals surface area contributed by atoms with Crippen molar-refractivity contribution in [1.82, 2.24) is 5.16 Å². The smallest absolute Gasteiger partial charge is 0.162 e. The second-order valence-corrected chi connectivity index (χ2v) is 7.27. The van der Waals surface area contributed by atoms with Gasteiger partial charge in [-0.05, 0) is 30.7 Å². The lowest BCUT2D eigenvalue weighted by Gasteiger charge is -2.41. The number of aliphatic hydroxyl groups excluding tert-OH is 1. The molecule has 6 heteroatoms. The molecular weight excluding hydrogens is 328 g/mol. The first-order valence-electron chi connectivity index (χ1n) is 8.02. The van der Waals surface area contributed by atoms with Crippen molar-refractivity contribution in [2.75, 3.05) is 18.1 Å². The van der Waals surface area contributed by atoms with E-state index in [4.69, 9.17) is 16.1 Å². The predicted molar refractivity (Wildman–Crippen MR) is 92.5 cm³/mol. The van der Waals surface area contributed by atoms with Crippen molar-refractivity contribution in [3.8, 4) is 0 Å². The van der Waals surface area contributed by atoms with E-state index < -0.39 is 5.41 Å². The maximum absolute atomic E-state index is 12.6. The number of aliphatic hydroxyl groups is 1. The minimum absolute atomic E-state index is 0.0279. The Morgan fingerprint density at radius 1 is 1.42 bits per heavy atom. The third-order valence-corrected chi connectivity index (χ3v) is 4.80. The quantitative estimate of drug-likeness (QED) is 0.869. The fraction of sp³-hybridized carbons (Fsp3) is 0.444. The van der Waals surface area contributed by atoms with Gasteiger partial charge in [-0.25, -0.2) is 0 Å². The molecule has 1 fully saturated rings. The van der Waals surface area contributed by atoms with Crippen LogP contribution in [0.15, 0.2) is 34.9 Å². The van der Waals surface area contributed by atoms with E-state index in [1.54, 1.807) is 6.07 Å². The summed E-state index contributed by atoms with van der Waals surface area (Å²) < 4.78 is 5.28. The number of carbonyl (C=O) groups excluding carboxylic acids is 1. The third-order valence-electron chi connectivity index (χ3n) is 4.55. The molecule has 1 aromatic carbocycles. The van der Waals surface area contributed by atoms with Gasteiger partial charge in [0.25, 0.3) is 0 Å². The monoisotopic (exact) mass is 348 g/mol. The van der Waals surface area contributed by atoms with Crippen LogP contribution in [0.1, 0.15) is 31.7 Å². The van der Waals surface area contributed by atoms with Gasteiger partial charge in [-0.2, -0.15) is 0 Å². The number of halogens is 1. The average molecular weight is 349 g/mol. The summed E-state index contributed by atoms with van der Waals surface area (Å²) in [6.45, 7) is 4.59. The van der Waals surface area contributed by atoms with Crippen LogP contribution in [0, 0.1) is 0 Å². The summed E-state index contributed by atoms with van der Waals surface area (Å²) in [6, 6.07) is 9.15. The summed E-state index contributed by atoms with van der Waals surface area (Å²) >= 11 is 5.91. The number of ketones is 1. The number of hydrogen-bond acceptors (Lipinski definition) is 5. The van der Waals surface area contributed by atoms with Gasteiger partial charge in [0.05, 0.1) is 24.8 Å². The molecule has 0 unspecified atom stereocenters. The van der Waals surface area contributed by atoms with Crippen molar-refractivity contribution in [3.05, 3.63) is 46.8 Å². The molecule has 0 spiro atoms. The van der Waals surface area contributed by atoms with E-state index in [0.717, 1.165) is 18.7 Å². The number of rotatable bonds is 6. The molecule has 1 aromatic heterocycles. The molecule has 3 rings (SSSR count). The van der Waals surface area contributed by atoms with Gasteiger partial charge in [-0.3, -0.25) is 4.79 Å². The van der Waals surface area contributed by atoms with Crippen LogP contribution in [0.25, 0.3) is 0 Å². The maximum Gasteiger partial charge on any atom is 0.162 e. The minimum Gasteiger partial charge on any atom is -0.395 e. The van der Waals surface area contributed by atoms with Crippen molar-refractivity contribution >= 4 is 23.1 Å². The molecule has 128 valence electrons. The van der Waals surface area contributed by atoms with E-state index in [2.05, 4.69) is 10.1 Å². The highest BCUT2D eigenvalue weighted by molar-refractivity contribution is 6.30. The lowest BCUT2D eigenvalue weighted by molar-refractivity contribution is -0.121. The van der Waals surface area contributed by atoms with Gasteiger partial charge in [0.2, 0.25) is 0 Å². The minimum atomic E-state index is -0.476. The Kier molecular flexibility index (Phi) is 4.65. The molecule has 24 heavy (non-hydrogen) atoms. The number of benzene rings is 1. The molecule has 1 aliphatic heterocycles. The zero-order chi connectivity index (χ0) is 17.3. The summed E-state index contributed by atoms with van der Waals surface area (Å²) in [5, 5.41) is 14.1. The summed E-state index contributed by atoms with van der Waals surface area (Å²) in [7, 11) is 0. The SMILES string of the molecule is CC(C)(CO)c1cc(CC(=O)[C@@H]2CCN2c2ccc(Cl)cc2)on1. The van der Waals surface area contributed by atoms with E-state index in [9.17, 15) is 9.90 Å². The van der Waals surface area contributed by atoms with Gasteiger partial charge in [0.15, 0.2) is 5.78 Å². The number of nitrogens with zero attached hydrogens (tertiary/aromatic N) is 2. The molecule has 1 aliphatic rings. The van der Waals surface area contributed by atoms with Crippen molar-refractivity contribution < 1.29 is 14.4 Å². The first-order chi connectivity index (χ1) is 11.4. The fourth-order valence-electron chi connectivity index (χ4n) is 2.75. The van der Waals surface area contributed by atoms with Gasteiger partial charge < -0.3 is 14.5 Å². The molecular formula is C18H21ClN2O3. The predicted octanol–water partition coefficient (Wildman–Crippen LogP) is 2.99. The van der Waals surface area contributed by atoms with E-state index in [0.29, 0.717) is 16.5 Å². The molecule has 0 aliphatic carbocycles. The van der Waals surface area contributed by atoms with Crippen LogP contribution in [-0.2, 0) is 16.6 Å². The second-order valence-electron chi connectivity index (χ2n) is 6.84. The van der Waals surface area contributed by atoms with Crippen LogP contribution in [0.5, 0.6) is 0 Å². The van der Waals surface area contributed by atoms with Gasteiger partial charge in [-0.15, -0.1) is 0 Å². The number of Topliss-reactive ketones (excluding diaryl/α,β-unsaturated/α-hetero) is 1. The standard InChI is InChI=1S/C18H21ClN2O3/c1-18(2,11-22)17-10-14(24-20-17)9-16(23)15-7-8-21(15)13-5-3-12(19)4-6-13/h3-6,10,15,22H,7-9,11H2,1-2H3/t15-/m0/s1. The van der Waals surface area contributed by atoms with Gasteiger partial charge >= 0.3 is 0 Å². The maximum atomic E-state index is 12.6. The zero-order valence-electron chi connectivity index (χ0n) is 13.8. The molecule has 2 heterocycles. The van der Waals surface area contributed by atoms with Gasteiger partial charge in [0.1, 0.15) is 5.76 Å². The first kappa shape index (κ1) is 17.0. The third kappa shape index (κ3) is 3.32. The number of aromatic nitrogens is 1. The normalized spacial score (nSPS) is 17.7. The highest BCUT2D eigenvalue weighted by Gasteiger charge is 2.35. The molecule has 0 bridgehead atoms. The molecule has 0 radical (unpaired) electrons. The molecule has 0 saturated carbocycles. The number of carbonyl (C=O) groups is 1. The highest BCUT2D eigenvalue weighted by atomic mass is 35.5. The first-order valence-corrected chi connectivity index (χ1v) is 8.40. The Morgan fingerprint density at radius 2 is 2.12 bits per heavy atom. The zero-order valence-corrected chi connectivity index (χ0v) is 14.6. The lowest BCUT2D eigenvalue weighted by Crippen LogP contribution is -2.53. The molecule has 2 aromatic rings. The summed E-state index contributed by atoms with van der Waals surface area (Å²) in [6.07, 6.45) is 1.05. The summed E-state index contributed by atoms with van der Waals surface area (Å²) in [4.78, 5) is 14.6. The Labute approximate surface area is 146 Å². The Bertz CT molecular complexity index is 724. The summed E-state index contributed by atoms with van der Waals surface area (Å²) in [5.74, 6) is 0.653. The number of anilines is 1. The molecule has 1 N–H and O–H groups in total. The average Bonchev–Trinajstić information content (AvgIpc) is 2.97. The molecule has 5 nitrogen and oxygen atoms in total. The van der Waals surface area contributed by atoms with Crippen LogP contribution < -0.4 is 4.90 Å². The van der Waals surface area contributed by atoms with Crippen LogP contribution >= 0.6 is 11.6 Å². The van der Waals surface area contributed by atoms with Crippen LogP contribution in [-0.4, -0.2) is 35.2 Å². The Morgan fingerprint density at radius 3 is 2.71 bits per heavy atom. The van der Waals surface area contributed by atoms with E-state index in [1.165, 1.54) is 0 Å². The molecule has 1 saturated heterocycles. The summed E-state index contributed by atoms with van der Waals surface area (Å²) in [5.41, 5.74) is 1.19. The molecule has 0 amide bonds. The van der Waals surface area contributed by atoms with E-state index in [-0.39, 0.29) is 24.9 Å². The van der Waals surface area contributed by atoms with Crippen molar-refractivity contribution in [2.45, 2.75) is 38.1 Å². The Balaban J connectivity index is 1.66. The van der Waals surface area contributed by atoms with E-state index >= 15 is 0 Å². The fourth-order valence-corrected chi connectivity index (χ4v) is 2.88. The van der Waals surface area contributed by atoms with Crippen molar-refractivity contribution in [1.29, 1.82) is 0 Å². The van der Waals surface area contributed by atoms with Gasteiger partial charge in [0, 0.05) is 28.7 Å². The van der Waals surface area contributed by atoms with Crippen LogP contribution in [0.4, 0.5) is 5.69 Å². The van der Waals surface area contributed by atoms with Gasteiger partial charge in [-0.1, -0.05) is 30.6 Å². The Hall–Kier alpha value is -1.85.